The molecule has 2 N–H and O–H groups in total. The van der Waals surface area contributed by atoms with Crippen LogP contribution in [0.3, 0.4) is 0 Å². The summed E-state index contributed by atoms with van der Waals surface area (Å²) in [5, 5.41) is 6.93. The Morgan fingerprint density at radius 3 is 2.68 bits per heavy atom. The van der Waals surface area contributed by atoms with Crippen LogP contribution in [0.25, 0.3) is 5.69 Å². The molecule has 1 aliphatic heterocycles. The van der Waals surface area contributed by atoms with Gasteiger partial charge in [0.05, 0.1) is 22.8 Å². The van der Waals surface area contributed by atoms with Crippen LogP contribution in [0.2, 0.25) is 5.02 Å². The van der Waals surface area contributed by atoms with Gasteiger partial charge < -0.3 is 20.1 Å². The number of anilines is 1. The highest BCUT2D eigenvalue weighted by molar-refractivity contribution is 7.80. The van der Waals surface area contributed by atoms with Crippen molar-refractivity contribution in [3.05, 3.63) is 113 Å². The maximum absolute atomic E-state index is 13.9. The van der Waals surface area contributed by atoms with Gasteiger partial charge in [-0.3, -0.25) is 9.78 Å². The second-order valence-corrected chi connectivity index (χ2v) is 9.68. The van der Waals surface area contributed by atoms with E-state index in [1.165, 1.54) is 6.07 Å². The molecule has 0 aliphatic carbocycles. The normalized spacial score (nSPS) is 17.1. The van der Waals surface area contributed by atoms with Gasteiger partial charge in [0.1, 0.15) is 5.82 Å². The van der Waals surface area contributed by atoms with Gasteiger partial charge in [0.15, 0.2) is 5.11 Å². The third-order valence-corrected chi connectivity index (χ3v) is 7.02. The molecular weight excluding hydrogens is 509 g/mol. The van der Waals surface area contributed by atoms with E-state index in [2.05, 4.69) is 15.6 Å². The summed E-state index contributed by atoms with van der Waals surface area (Å²) < 4.78 is 15.8. The van der Waals surface area contributed by atoms with Crippen molar-refractivity contribution >= 4 is 40.5 Å². The number of thiocarbonyl (C=S) groups is 1. The van der Waals surface area contributed by atoms with Crippen LogP contribution in [0, 0.1) is 12.7 Å². The van der Waals surface area contributed by atoms with Crippen molar-refractivity contribution in [2.45, 2.75) is 25.4 Å². The molecule has 0 bridgehead atoms. The van der Waals surface area contributed by atoms with E-state index in [-0.39, 0.29) is 29.4 Å². The Hall–Kier alpha value is -3.75. The summed E-state index contributed by atoms with van der Waals surface area (Å²) in [6, 6.07) is 21.4. The van der Waals surface area contributed by atoms with Gasteiger partial charge in [-0.05, 0) is 73.7 Å². The Kier molecular flexibility index (Phi) is 7.21. The zero-order chi connectivity index (χ0) is 25.9. The van der Waals surface area contributed by atoms with Gasteiger partial charge in [-0.15, -0.1) is 0 Å². The van der Waals surface area contributed by atoms with Crippen LogP contribution in [-0.4, -0.2) is 32.0 Å². The number of aryl methyl sites for hydroxylation is 1. The number of pyridine rings is 1. The van der Waals surface area contributed by atoms with Crippen molar-refractivity contribution in [2.24, 2.45) is 0 Å². The summed E-state index contributed by atoms with van der Waals surface area (Å²) in [6.07, 6.45) is 3.88. The van der Waals surface area contributed by atoms with Gasteiger partial charge in [-0.25, -0.2) is 4.39 Å². The number of halogens is 2. The fraction of sp³-hybridized carbons (Fsp3) is 0.179. The maximum Gasteiger partial charge on any atom is 0.226 e. The summed E-state index contributed by atoms with van der Waals surface area (Å²) in [7, 11) is 0. The van der Waals surface area contributed by atoms with Crippen LogP contribution in [0.15, 0.2) is 85.2 Å². The molecule has 0 saturated carbocycles. The lowest BCUT2D eigenvalue weighted by Gasteiger charge is -2.29. The third-order valence-electron chi connectivity index (χ3n) is 6.38. The minimum atomic E-state index is -0.476. The summed E-state index contributed by atoms with van der Waals surface area (Å²) in [5.74, 6) is -0.581. The van der Waals surface area contributed by atoms with Gasteiger partial charge in [0.2, 0.25) is 5.91 Å². The molecule has 188 valence electrons. The molecule has 1 saturated heterocycles. The lowest BCUT2D eigenvalue weighted by Crippen LogP contribution is -2.33. The molecule has 1 fully saturated rings. The number of nitrogens with one attached hydrogen (secondary N) is 2. The number of amides is 1. The third kappa shape index (κ3) is 5.35. The molecule has 2 atom stereocenters. The van der Waals surface area contributed by atoms with Gasteiger partial charge in [0.25, 0.3) is 0 Å². The van der Waals surface area contributed by atoms with Gasteiger partial charge >= 0.3 is 0 Å². The summed E-state index contributed by atoms with van der Waals surface area (Å²) >= 11 is 11.8. The van der Waals surface area contributed by atoms with E-state index in [0.717, 1.165) is 28.3 Å². The van der Waals surface area contributed by atoms with Crippen molar-refractivity contribution in [2.75, 3.05) is 11.9 Å². The van der Waals surface area contributed by atoms with Gasteiger partial charge in [-0.2, -0.15) is 0 Å². The number of rotatable bonds is 7. The Morgan fingerprint density at radius 1 is 1.14 bits per heavy atom. The van der Waals surface area contributed by atoms with Crippen molar-refractivity contribution in [3.8, 4) is 5.69 Å². The number of benzene rings is 2. The monoisotopic (exact) mass is 533 g/mol. The van der Waals surface area contributed by atoms with E-state index in [1.807, 2.05) is 77.2 Å². The zero-order valence-electron chi connectivity index (χ0n) is 20.1. The van der Waals surface area contributed by atoms with Crippen molar-refractivity contribution in [1.82, 2.24) is 19.8 Å². The molecular formula is C28H25ClFN5OS. The SMILES string of the molecule is Cc1ccc(NC(=O)CCN2C(=S)N[C@H](c3ccccn3)[C@H]2c2cccn2-c2ccc(F)c(Cl)c2)cc1. The molecule has 1 aliphatic rings. The lowest BCUT2D eigenvalue weighted by atomic mass is 10.0. The molecule has 1 amide bonds. The summed E-state index contributed by atoms with van der Waals surface area (Å²) in [5.41, 5.74) is 4.33. The Balaban J connectivity index is 1.44. The zero-order valence-corrected chi connectivity index (χ0v) is 21.6. The first-order chi connectivity index (χ1) is 17.9. The highest BCUT2D eigenvalue weighted by atomic mass is 35.5. The first-order valence-corrected chi connectivity index (χ1v) is 12.7. The quantitative estimate of drug-likeness (QED) is 0.286. The second-order valence-electron chi connectivity index (χ2n) is 8.89. The minimum absolute atomic E-state index is 0.0446. The summed E-state index contributed by atoms with van der Waals surface area (Å²) in [4.78, 5) is 19.4. The predicted octanol–water partition coefficient (Wildman–Crippen LogP) is 5.97. The van der Waals surface area contributed by atoms with Crippen LogP contribution in [0.5, 0.6) is 0 Å². The molecule has 2 aromatic carbocycles. The van der Waals surface area contributed by atoms with Crippen molar-refractivity contribution in [3.63, 3.8) is 0 Å². The number of nitrogens with zero attached hydrogens (tertiary/aromatic N) is 3. The van der Waals surface area contributed by atoms with E-state index in [4.69, 9.17) is 23.8 Å². The fourth-order valence-electron chi connectivity index (χ4n) is 4.56. The second kappa shape index (κ2) is 10.7. The van der Waals surface area contributed by atoms with Crippen LogP contribution in [0.4, 0.5) is 10.1 Å². The van der Waals surface area contributed by atoms with Crippen LogP contribution in [-0.2, 0) is 4.79 Å². The molecule has 0 unspecified atom stereocenters. The van der Waals surface area contributed by atoms with Crippen LogP contribution < -0.4 is 10.6 Å². The lowest BCUT2D eigenvalue weighted by molar-refractivity contribution is -0.116. The maximum atomic E-state index is 13.9. The molecule has 6 nitrogen and oxygen atoms in total. The topological polar surface area (TPSA) is 62.2 Å². The highest BCUT2D eigenvalue weighted by Crippen LogP contribution is 2.39. The van der Waals surface area contributed by atoms with E-state index in [9.17, 15) is 9.18 Å². The average Bonchev–Trinajstić information content (AvgIpc) is 3.50. The number of aromatic nitrogens is 2. The van der Waals surface area contributed by atoms with E-state index < -0.39 is 5.82 Å². The molecule has 37 heavy (non-hydrogen) atoms. The van der Waals surface area contributed by atoms with Gasteiger partial charge in [0, 0.05) is 42.4 Å². The number of hydrogen-bond acceptors (Lipinski definition) is 3. The predicted molar refractivity (Wildman–Crippen MR) is 147 cm³/mol. The largest absolute Gasteiger partial charge is 0.352 e. The molecule has 5 rings (SSSR count). The average molecular weight is 534 g/mol. The number of carbonyl (C=O) groups is 1. The fourth-order valence-corrected chi connectivity index (χ4v) is 5.06. The molecule has 3 heterocycles. The van der Waals surface area contributed by atoms with E-state index in [1.54, 1.807) is 18.3 Å². The summed E-state index contributed by atoms with van der Waals surface area (Å²) in [6.45, 7) is 2.40. The van der Waals surface area contributed by atoms with Crippen LogP contribution >= 0.6 is 23.8 Å². The molecule has 4 aromatic rings. The molecule has 2 aromatic heterocycles. The standard InChI is InChI=1S/C28H25ClFN5OS/c1-18-7-9-19(10-8-18)32-25(36)13-16-35-27(26(33-28(35)37)23-5-2-3-14-31-23)24-6-4-15-34(24)20-11-12-22(30)21(29)17-20/h2-12,14-15,17,26-27H,13,16H2,1H3,(H,32,36)(H,33,37)/t26-,27-/m1/s1. The van der Waals surface area contributed by atoms with Crippen LogP contribution in [0.1, 0.15) is 35.5 Å². The van der Waals surface area contributed by atoms with E-state index >= 15 is 0 Å². The van der Waals surface area contributed by atoms with Crippen molar-refractivity contribution < 1.29 is 9.18 Å². The van der Waals surface area contributed by atoms with Crippen molar-refractivity contribution in [1.29, 1.82) is 0 Å². The van der Waals surface area contributed by atoms with Gasteiger partial charge in [-0.1, -0.05) is 35.4 Å². The number of carbonyl (C=O) groups excluding carboxylic acids is 1. The minimum Gasteiger partial charge on any atom is -0.352 e. The molecule has 0 spiro atoms. The highest BCUT2D eigenvalue weighted by Gasteiger charge is 2.41. The Morgan fingerprint density at radius 2 is 1.95 bits per heavy atom. The first-order valence-electron chi connectivity index (χ1n) is 11.9. The van der Waals surface area contributed by atoms with E-state index in [0.29, 0.717) is 11.7 Å². The number of hydrogen-bond donors (Lipinski definition) is 2. The Labute approximate surface area is 225 Å². The smallest absolute Gasteiger partial charge is 0.226 e. The molecule has 0 radical (unpaired) electrons. The molecule has 9 heteroatoms. The first kappa shape index (κ1) is 24.9. The Bertz CT molecular complexity index is 1430.